The maximum absolute atomic E-state index is 12.9. The number of ether oxygens (including phenoxy) is 4. The second-order valence-corrected chi connectivity index (χ2v) is 23.2. The Hall–Kier alpha value is -10.3. The van der Waals surface area contributed by atoms with Crippen LogP contribution >= 0.6 is 0 Å². The summed E-state index contributed by atoms with van der Waals surface area (Å²) < 4.78 is 34.8. The van der Waals surface area contributed by atoms with Gasteiger partial charge in [0.25, 0.3) is 0 Å². The highest BCUT2D eigenvalue weighted by Gasteiger charge is 2.32. The summed E-state index contributed by atoms with van der Waals surface area (Å²) in [6, 6.07) is 62.4. The van der Waals surface area contributed by atoms with Gasteiger partial charge >= 0.3 is 18.1 Å². The van der Waals surface area contributed by atoms with Crippen LogP contribution in [0.3, 0.4) is 0 Å². The van der Waals surface area contributed by atoms with E-state index >= 15 is 0 Å². The molecule has 0 N–H and O–H groups in total. The number of pyridine rings is 3. The molecule has 0 bridgehead atoms. The molecule has 85 heavy (non-hydrogen) atoms. The van der Waals surface area contributed by atoms with Crippen molar-refractivity contribution in [3.05, 3.63) is 206 Å². The van der Waals surface area contributed by atoms with Crippen LogP contribution in [0.2, 0.25) is 0 Å². The Kier molecular flexibility index (Phi) is 16.5. The van der Waals surface area contributed by atoms with Crippen LogP contribution in [0.15, 0.2) is 203 Å². The van der Waals surface area contributed by atoms with Gasteiger partial charge in [-0.2, -0.15) is 9.78 Å². The lowest BCUT2D eigenvalue weighted by Gasteiger charge is -2.19. The zero-order valence-electron chi connectivity index (χ0n) is 49.4. The molecule has 0 unspecified atom stereocenters. The van der Waals surface area contributed by atoms with Gasteiger partial charge in [0.15, 0.2) is 0 Å². The van der Waals surface area contributed by atoms with Crippen LogP contribution < -0.4 is 14.2 Å². The number of hydrogen-bond acceptors (Lipinski definition) is 14. The van der Waals surface area contributed by atoms with Crippen molar-refractivity contribution in [2.75, 3.05) is 7.11 Å². The summed E-state index contributed by atoms with van der Waals surface area (Å²) in [7, 11) is 1.62. The fraction of sp³-hybridized carbons (Fsp3) is 0.200. The fourth-order valence-electron chi connectivity index (χ4n) is 9.18. The second-order valence-electron chi connectivity index (χ2n) is 23.2. The van der Waals surface area contributed by atoms with E-state index in [4.69, 9.17) is 48.0 Å². The number of esters is 1. The van der Waals surface area contributed by atoms with Gasteiger partial charge in [0.2, 0.25) is 5.88 Å². The average Bonchev–Trinajstić information content (AvgIpc) is 2.98. The molecule has 0 radical (unpaired) electrons. The van der Waals surface area contributed by atoms with Crippen molar-refractivity contribution < 1.29 is 37.6 Å². The number of hydrogen-bond donors (Lipinski definition) is 0. The van der Waals surface area contributed by atoms with Crippen LogP contribution in [0, 0.1) is 12.3 Å². The molecular formula is C70H65N7O8. The Labute approximate surface area is 493 Å². The maximum Gasteiger partial charge on any atom is 0.515 e. The van der Waals surface area contributed by atoms with Crippen molar-refractivity contribution >= 4 is 44.8 Å². The number of aryl methyl sites for hydroxylation is 1. The second kappa shape index (κ2) is 24.3. The number of fused-ring (bicyclic) bond motifs is 3. The van der Waals surface area contributed by atoms with Gasteiger partial charge in [0, 0.05) is 32.7 Å². The number of carbonyl (C=O) groups excluding carboxylic acids is 2. The minimum Gasteiger partial charge on any atom is -0.497 e. The predicted octanol–water partition coefficient (Wildman–Crippen LogP) is 17.1. The molecule has 12 aromatic rings. The Morgan fingerprint density at radius 3 is 1.47 bits per heavy atom. The van der Waals surface area contributed by atoms with Crippen LogP contribution in [0.5, 0.6) is 17.6 Å². The number of para-hydroxylation sites is 4. The highest BCUT2D eigenvalue weighted by atomic mass is 16.7. The Morgan fingerprint density at radius 2 is 0.965 bits per heavy atom. The third-order valence-corrected chi connectivity index (χ3v) is 13.4. The zero-order chi connectivity index (χ0) is 60.0. The molecule has 0 aliphatic carbocycles. The van der Waals surface area contributed by atoms with Gasteiger partial charge in [-0.15, -0.1) is 0 Å². The van der Waals surface area contributed by atoms with Gasteiger partial charge < -0.3 is 28.0 Å². The molecule has 15 nitrogen and oxygen atoms in total. The van der Waals surface area contributed by atoms with Gasteiger partial charge in [-0.25, -0.2) is 19.7 Å². The minimum absolute atomic E-state index is 0.0570. The monoisotopic (exact) mass is 1130 g/mol. The summed E-state index contributed by atoms with van der Waals surface area (Å²) >= 11 is 0. The van der Waals surface area contributed by atoms with Gasteiger partial charge in [-0.3, -0.25) is 4.79 Å². The summed E-state index contributed by atoms with van der Waals surface area (Å²) in [5, 5.41) is 16.5. The molecule has 6 aromatic carbocycles. The number of benzene rings is 6. The standard InChI is InChI=1S/C30H27N3O4.C23H20N2O3.C17H18N2O/c1-30(2,3)37-29(34)36-28-26(25-19-16-20-10-8-9-13-24(20)31-25)27(21-14-17-23(35-4)18-15-21)32-33(28)22-11-6-5-7-12-22;1-23(2,3)22(26)27-21-19(20(25-28-21)16-10-5-4-6-11-16)18-14-13-15-9-7-8-12-17(15)24-18;1-11-15(16(19-20-11)17(2,3)4)14-10-9-12-7-5-6-8-13(12)18-14/h5-19H,1-4H3;4-14H,1-3H3;5-10H,1-4H3. The van der Waals surface area contributed by atoms with Crippen LogP contribution in [-0.2, 0) is 14.9 Å². The molecule has 0 saturated heterocycles. The summed E-state index contributed by atoms with van der Waals surface area (Å²) in [6.45, 7) is 19.1. The van der Waals surface area contributed by atoms with E-state index in [1.807, 2.05) is 189 Å². The van der Waals surface area contributed by atoms with Crippen molar-refractivity contribution in [3.63, 3.8) is 0 Å². The first-order valence-corrected chi connectivity index (χ1v) is 27.8. The first-order valence-electron chi connectivity index (χ1n) is 27.8. The summed E-state index contributed by atoms with van der Waals surface area (Å²) in [4.78, 5) is 39.8. The lowest BCUT2D eigenvalue weighted by molar-refractivity contribution is -0.144. The number of methoxy groups -OCH3 is 1. The Bertz CT molecular complexity index is 4320. The smallest absolute Gasteiger partial charge is 0.497 e. The molecule has 0 saturated carbocycles. The molecule has 0 aliphatic heterocycles. The number of carbonyl (C=O) groups is 2. The SMILES string of the molecule is CC(C)(C)C(=O)Oc1onc(-c2ccccc2)c1-c1ccc2ccccc2n1.COc1ccc(-c2nn(-c3ccccc3)c(OC(=O)OC(C)(C)C)c2-c2ccc3ccccc3n2)cc1.Cc1onc(C(C)(C)C)c1-c1ccc2ccccc2n1. The Morgan fingerprint density at radius 1 is 0.482 bits per heavy atom. The molecule has 428 valence electrons. The first-order chi connectivity index (χ1) is 40.7. The highest BCUT2D eigenvalue weighted by molar-refractivity contribution is 5.91. The van der Waals surface area contributed by atoms with E-state index in [9.17, 15) is 9.59 Å². The maximum atomic E-state index is 12.9. The van der Waals surface area contributed by atoms with E-state index in [1.165, 1.54) is 0 Å². The van der Waals surface area contributed by atoms with Crippen molar-refractivity contribution in [2.24, 2.45) is 5.41 Å². The Balaban J connectivity index is 0.000000148. The van der Waals surface area contributed by atoms with Gasteiger partial charge in [-0.05, 0) is 121 Å². The van der Waals surface area contributed by atoms with Crippen LogP contribution in [0.4, 0.5) is 4.79 Å². The van der Waals surface area contributed by atoms with E-state index < -0.39 is 23.1 Å². The lowest BCUT2D eigenvalue weighted by Crippen LogP contribution is -2.26. The molecule has 6 heterocycles. The van der Waals surface area contributed by atoms with E-state index in [0.717, 1.165) is 78.0 Å². The van der Waals surface area contributed by atoms with E-state index in [2.05, 4.69) is 43.2 Å². The van der Waals surface area contributed by atoms with Crippen molar-refractivity contribution in [1.29, 1.82) is 0 Å². The van der Waals surface area contributed by atoms with Crippen molar-refractivity contribution in [3.8, 4) is 79.6 Å². The normalized spacial score (nSPS) is 11.6. The summed E-state index contributed by atoms with van der Waals surface area (Å²) in [5.41, 5.74) is 10.0. The van der Waals surface area contributed by atoms with Crippen LogP contribution in [0.25, 0.3) is 94.7 Å². The number of rotatable bonds is 9. The van der Waals surface area contributed by atoms with Gasteiger partial charge in [0.1, 0.15) is 34.1 Å². The molecule has 0 amide bonds. The molecule has 0 atom stereocenters. The molecule has 0 spiro atoms. The molecular weight excluding hydrogens is 1070 g/mol. The topological polar surface area (TPSA) is 180 Å². The average molecular weight is 1130 g/mol. The zero-order valence-corrected chi connectivity index (χ0v) is 49.4. The van der Waals surface area contributed by atoms with E-state index in [1.54, 1.807) is 53.3 Å². The third-order valence-electron chi connectivity index (χ3n) is 13.4. The van der Waals surface area contributed by atoms with E-state index in [0.29, 0.717) is 33.9 Å². The molecule has 15 heteroatoms. The first kappa shape index (κ1) is 57.9. The lowest BCUT2D eigenvalue weighted by atomic mass is 9.87. The fourth-order valence-corrected chi connectivity index (χ4v) is 9.18. The largest absolute Gasteiger partial charge is 0.515 e. The van der Waals surface area contributed by atoms with Crippen LogP contribution in [-0.4, -0.2) is 59.9 Å². The third kappa shape index (κ3) is 13.3. The minimum atomic E-state index is -0.826. The molecule has 6 aromatic heterocycles. The van der Waals surface area contributed by atoms with Crippen molar-refractivity contribution in [2.45, 2.75) is 80.3 Å². The molecule has 0 aliphatic rings. The summed E-state index contributed by atoms with van der Waals surface area (Å²) in [6.07, 6.45) is -0.826. The number of nitrogens with zero attached hydrogens (tertiary/aromatic N) is 7. The quantitative estimate of drug-likeness (QED) is 0.125. The van der Waals surface area contributed by atoms with Gasteiger partial charge in [-0.1, -0.05) is 152 Å². The van der Waals surface area contributed by atoms with Crippen LogP contribution in [0.1, 0.15) is 73.8 Å². The molecule has 0 fully saturated rings. The van der Waals surface area contributed by atoms with Gasteiger partial charge in [0.05, 0.1) is 68.7 Å². The summed E-state index contributed by atoms with van der Waals surface area (Å²) in [5.74, 6) is 1.42. The van der Waals surface area contributed by atoms with E-state index in [-0.39, 0.29) is 17.2 Å². The number of aromatic nitrogens is 7. The molecule has 12 rings (SSSR count). The highest BCUT2D eigenvalue weighted by Crippen LogP contribution is 2.43. The predicted molar refractivity (Wildman–Crippen MR) is 332 cm³/mol. The van der Waals surface area contributed by atoms with Crippen molar-refractivity contribution in [1.82, 2.24) is 35.0 Å².